The number of nitrogens with one attached hydrogen (secondary N) is 1. The van der Waals surface area contributed by atoms with Crippen LogP contribution in [0.3, 0.4) is 0 Å². The smallest absolute Gasteiger partial charge is 0.269 e. The maximum atomic E-state index is 13.7. The van der Waals surface area contributed by atoms with Crippen molar-refractivity contribution < 1.29 is 17.6 Å². The summed E-state index contributed by atoms with van der Waals surface area (Å²) in [7, 11) is -2.29. The maximum absolute atomic E-state index is 13.7. The number of carbonyl (C=O) groups excluding carboxylic acids is 1. The molecule has 196 valence electrons. The Morgan fingerprint density at radius 3 is 2.46 bits per heavy atom. The van der Waals surface area contributed by atoms with Crippen LogP contribution in [0.25, 0.3) is 0 Å². The van der Waals surface area contributed by atoms with Gasteiger partial charge in [0, 0.05) is 26.2 Å². The molecule has 0 aliphatic carbocycles. The highest BCUT2D eigenvalue weighted by Crippen LogP contribution is 2.43. The minimum atomic E-state index is -3.91. The SMILES string of the molecule is Cc1nn(C)c(Cl)c1S(=O)(=O)N1C[C@H](N2CCC(NC(=O)Cc3ccc(F)cc3)CC2)c2ccccc21. The van der Waals surface area contributed by atoms with Gasteiger partial charge in [-0.2, -0.15) is 5.10 Å². The molecule has 1 aromatic heterocycles. The largest absolute Gasteiger partial charge is 0.353 e. The van der Waals surface area contributed by atoms with E-state index in [4.69, 9.17) is 11.6 Å². The number of amides is 1. The first kappa shape index (κ1) is 25.7. The molecule has 1 amide bonds. The molecule has 2 aromatic carbocycles. The van der Waals surface area contributed by atoms with Gasteiger partial charge in [-0.1, -0.05) is 41.9 Å². The second-order valence-corrected chi connectivity index (χ2v) is 11.8. The van der Waals surface area contributed by atoms with Crippen molar-refractivity contribution in [3.05, 3.63) is 76.3 Å². The van der Waals surface area contributed by atoms with Crippen molar-refractivity contribution in [1.82, 2.24) is 20.0 Å². The van der Waals surface area contributed by atoms with Gasteiger partial charge in [0.05, 0.1) is 30.4 Å². The van der Waals surface area contributed by atoms with Gasteiger partial charge in [0.2, 0.25) is 5.91 Å². The Kier molecular flexibility index (Phi) is 6.99. The van der Waals surface area contributed by atoms with Crippen LogP contribution < -0.4 is 9.62 Å². The number of carbonyl (C=O) groups is 1. The molecule has 11 heteroatoms. The minimum Gasteiger partial charge on any atom is -0.353 e. The topological polar surface area (TPSA) is 87.5 Å². The van der Waals surface area contributed by atoms with Crippen LogP contribution in [0.15, 0.2) is 53.4 Å². The number of benzene rings is 2. The number of rotatable bonds is 6. The number of anilines is 1. The van der Waals surface area contributed by atoms with Crippen LogP contribution in [0, 0.1) is 12.7 Å². The maximum Gasteiger partial charge on any atom is 0.269 e. The van der Waals surface area contributed by atoms with Gasteiger partial charge in [0.1, 0.15) is 15.9 Å². The summed E-state index contributed by atoms with van der Waals surface area (Å²) in [5, 5.41) is 7.38. The lowest BCUT2D eigenvalue weighted by Gasteiger charge is -2.36. The second kappa shape index (κ2) is 10.1. The van der Waals surface area contributed by atoms with Crippen molar-refractivity contribution in [3.63, 3.8) is 0 Å². The minimum absolute atomic E-state index is 0.0368. The van der Waals surface area contributed by atoms with Crippen molar-refractivity contribution >= 4 is 33.2 Å². The number of nitrogens with zero attached hydrogens (tertiary/aromatic N) is 4. The predicted molar refractivity (Wildman–Crippen MR) is 140 cm³/mol. The second-order valence-electron chi connectivity index (χ2n) is 9.62. The van der Waals surface area contributed by atoms with Gasteiger partial charge in [-0.15, -0.1) is 0 Å². The molecule has 0 spiro atoms. The van der Waals surface area contributed by atoms with E-state index in [1.807, 2.05) is 24.3 Å². The fourth-order valence-corrected chi connectivity index (χ4v) is 7.53. The molecule has 8 nitrogen and oxygen atoms in total. The first-order chi connectivity index (χ1) is 17.6. The molecule has 5 rings (SSSR count). The summed E-state index contributed by atoms with van der Waals surface area (Å²) in [6, 6.07) is 13.5. The highest BCUT2D eigenvalue weighted by molar-refractivity contribution is 7.93. The lowest BCUT2D eigenvalue weighted by Crippen LogP contribution is -2.47. The molecule has 37 heavy (non-hydrogen) atoms. The van der Waals surface area contributed by atoms with Gasteiger partial charge >= 0.3 is 0 Å². The highest BCUT2D eigenvalue weighted by Gasteiger charge is 2.42. The fourth-order valence-electron chi connectivity index (χ4n) is 5.33. The Labute approximate surface area is 221 Å². The third kappa shape index (κ3) is 4.97. The number of piperidine rings is 1. The first-order valence-corrected chi connectivity index (χ1v) is 14.1. The summed E-state index contributed by atoms with van der Waals surface area (Å²) in [5.41, 5.74) is 2.75. The lowest BCUT2D eigenvalue weighted by atomic mass is 10.00. The number of halogens is 2. The van der Waals surface area contributed by atoms with Crippen molar-refractivity contribution in [2.75, 3.05) is 23.9 Å². The predicted octanol–water partition coefficient (Wildman–Crippen LogP) is 3.59. The van der Waals surface area contributed by atoms with Gasteiger partial charge < -0.3 is 5.32 Å². The summed E-state index contributed by atoms with van der Waals surface area (Å²) >= 11 is 6.34. The van der Waals surface area contributed by atoms with E-state index in [0.29, 0.717) is 11.4 Å². The molecule has 1 saturated heterocycles. The Morgan fingerprint density at radius 2 is 1.81 bits per heavy atom. The van der Waals surface area contributed by atoms with Crippen LogP contribution in [-0.2, 0) is 28.3 Å². The van der Waals surface area contributed by atoms with E-state index in [2.05, 4.69) is 15.3 Å². The van der Waals surface area contributed by atoms with E-state index in [-0.39, 0.29) is 46.8 Å². The molecule has 3 aromatic rings. The molecule has 1 fully saturated rings. The number of likely N-dealkylation sites (tertiary alicyclic amines) is 1. The summed E-state index contributed by atoms with van der Waals surface area (Å²) < 4.78 is 43.4. The molecule has 0 bridgehead atoms. The standard InChI is InChI=1S/C26H29ClFN5O3S/c1-17-25(26(27)31(2)30-17)37(35,36)33-16-23(21-5-3-4-6-22(21)33)32-13-11-20(12-14-32)29-24(34)15-18-7-9-19(28)10-8-18/h3-10,20,23H,11-16H2,1-2H3,(H,29,34)/t23-/m0/s1. The van der Waals surface area contributed by atoms with E-state index in [0.717, 1.165) is 37.1 Å². The molecule has 0 unspecified atom stereocenters. The molecule has 2 aliphatic heterocycles. The van der Waals surface area contributed by atoms with Crippen molar-refractivity contribution in [2.45, 2.75) is 43.2 Å². The van der Waals surface area contributed by atoms with Crippen LogP contribution in [-0.4, -0.2) is 54.7 Å². The van der Waals surface area contributed by atoms with Crippen molar-refractivity contribution in [1.29, 1.82) is 0 Å². The van der Waals surface area contributed by atoms with E-state index in [1.165, 1.54) is 21.1 Å². The van der Waals surface area contributed by atoms with Crippen LogP contribution >= 0.6 is 11.6 Å². The van der Waals surface area contributed by atoms with Crippen molar-refractivity contribution in [2.24, 2.45) is 7.05 Å². The quantitative estimate of drug-likeness (QED) is 0.511. The average molecular weight is 546 g/mol. The van der Waals surface area contributed by atoms with Gasteiger partial charge in [0.25, 0.3) is 10.0 Å². The van der Waals surface area contributed by atoms with Gasteiger partial charge in [0.15, 0.2) is 0 Å². The van der Waals surface area contributed by atoms with Gasteiger partial charge in [-0.25, -0.2) is 12.8 Å². The Hall–Kier alpha value is -2.95. The zero-order valence-corrected chi connectivity index (χ0v) is 22.3. The molecule has 1 atom stereocenters. The molecule has 1 N–H and O–H groups in total. The van der Waals surface area contributed by atoms with E-state index < -0.39 is 10.0 Å². The molecule has 0 radical (unpaired) electrons. The molecule has 3 heterocycles. The molecule has 2 aliphatic rings. The number of aromatic nitrogens is 2. The zero-order chi connectivity index (χ0) is 26.3. The summed E-state index contributed by atoms with van der Waals surface area (Å²) in [5.74, 6) is -0.410. The van der Waals surface area contributed by atoms with Crippen LogP contribution in [0.4, 0.5) is 10.1 Å². The van der Waals surface area contributed by atoms with Crippen LogP contribution in [0.2, 0.25) is 5.15 Å². The molecule has 0 saturated carbocycles. The monoisotopic (exact) mass is 545 g/mol. The van der Waals surface area contributed by atoms with E-state index in [1.54, 1.807) is 26.1 Å². The van der Waals surface area contributed by atoms with Crippen LogP contribution in [0.1, 0.15) is 35.7 Å². The third-order valence-corrected chi connectivity index (χ3v) is 9.64. The third-order valence-electron chi connectivity index (χ3n) is 7.16. The van der Waals surface area contributed by atoms with Gasteiger partial charge in [-0.05, 0) is 49.1 Å². The molecular formula is C26H29ClFN5O3S. The Bertz CT molecular complexity index is 1420. The van der Waals surface area contributed by atoms with Gasteiger partial charge in [-0.3, -0.25) is 18.7 Å². The number of hydrogen-bond donors (Lipinski definition) is 1. The normalized spacial score (nSPS) is 18.7. The summed E-state index contributed by atoms with van der Waals surface area (Å²) in [6.45, 7) is 3.38. The number of fused-ring (bicyclic) bond motifs is 1. The average Bonchev–Trinajstić information content (AvgIpc) is 3.38. The number of sulfonamides is 1. The first-order valence-electron chi connectivity index (χ1n) is 12.2. The number of hydrogen-bond acceptors (Lipinski definition) is 5. The highest BCUT2D eigenvalue weighted by atomic mass is 35.5. The van der Waals surface area contributed by atoms with Crippen molar-refractivity contribution in [3.8, 4) is 0 Å². The zero-order valence-electron chi connectivity index (χ0n) is 20.7. The number of para-hydroxylation sites is 1. The Morgan fingerprint density at radius 1 is 1.14 bits per heavy atom. The number of aryl methyl sites for hydroxylation is 2. The van der Waals surface area contributed by atoms with E-state index >= 15 is 0 Å². The molecular weight excluding hydrogens is 517 g/mol. The fraction of sp³-hybridized carbons (Fsp3) is 0.385. The van der Waals surface area contributed by atoms with E-state index in [9.17, 15) is 17.6 Å². The van der Waals surface area contributed by atoms with Crippen LogP contribution in [0.5, 0.6) is 0 Å². The Balaban J connectivity index is 1.27. The summed E-state index contributed by atoms with van der Waals surface area (Å²) in [4.78, 5) is 14.8. The summed E-state index contributed by atoms with van der Waals surface area (Å²) in [6.07, 6.45) is 1.72. The lowest BCUT2D eigenvalue weighted by molar-refractivity contribution is -0.121.